The third kappa shape index (κ3) is 4.23. The summed E-state index contributed by atoms with van der Waals surface area (Å²) in [7, 11) is -3.65. The second-order valence-corrected chi connectivity index (χ2v) is 7.54. The monoisotopic (exact) mass is 351 g/mol. The lowest BCUT2D eigenvalue weighted by molar-refractivity contribution is 0.200. The molecule has 1 unspecified atom stereocenters. The van der Waals surface area contributed by atoms with Crippen molar-refractivity contribution in [1.82, 2.24) is 4.90 Å². The standard InChI is InChI=1S/C12H15Cl2N3O3S/c13-8-3-4-10(14)11(6-8)16-12(18)17-5-1-2-9(7-17)21(15,19)20/h3-4,6,9H,1-2,5,7H2,(H,16,18)(H2,15,19,20). The second-order valence-electron chi connectivity index (χ2n) is 4.85. The van der Waals surface area contributed by atoms with Crippen molar-refractivity contribution in [2.45, 2.75) is 18.1 Å². The van der Waals surface area contributed by atoms with Gasteiger partial charge < -0.3 is 10.2 Å². The van der Waals surface area contributed by atoms with Gasteiger partial charge in [0.25, 0.3) is 0 Å². The molecule has 116 valence electrons. The molecule has 0 saturated carbocycles. The summed E-state index contributed by atoms with van der Waals surface area (Å²) in [4.78, 5) is 13.6. The molecule has 9 heteroatoms. The number of carbonyl (C=O) groups is 1. The first-order valence-electron chi connectivity index (χ1n) is 6.30. The van der Waals surface area contributed by atoms with Crippen LogP contribution in [0.2, 0.25) is 10.0 Å². The Morgan fingerprint density at radius 3 is 2.76 bits per heavy atom. The van der Waals surface area contributed by atoms with Crippen LogP contribution in [0.15, 0.2) is 18.2 Å². The first kappa shape index (κ1) is 16.4. The Kier molecular flexibility index (Phi) is 4.98. The lowest BCUT2D eigenvalue weighted by Gasteiger charge is -2.31. The average molecular weight is 352 g/mol. The van der Waals surface area contributed by atoms with Gasteiger partial charge in [-0.05, 0) is 31.0 Å². The van der Waals surface area contributed by atoms with Crippen molar-refractivity contribution in [3.05, 3.63) is 28.2 Å². The number of rotatable bonds is 2. The molecule has 1 aliphatic heterocycles. The summed E-state index contributed by atoms with van der Waals surface area (Å²) in [6.45, 7) is 0.541. The molecule has 1 aromatic rings. The number of primary sulfonamides is 1. The lowest BCUT2D eigenvalue weighted by Crippen LogP contribution is -2.48. The lowest BCUT2D eigenvalue weighted by atomic mass is 10.1. The summed E-state index contributed by atoms with van der Waals surface area (Å²) in [5.74, 6) is 0. The number of hydrogen-bond acceptors (Lipinski definition) is 3. The van der Waals surface area contributed by atoms with Crippen LogP contribution in [0.25, 0.3) is 0 Å². The molecule has 1 saturated heterocycles. The van der Waals surface area contributed by atoms with Gasteiger partial charge in [-0.15, -0.1) is 0 Å². The predicted molar refractivity (Wildman–Crippen MR) is 83.2 cm³/mol. The summed E-state index contributed by atoms with van der Waals surface area (Å²) in [5.41, 5.74) is 0.381. The number of anilines is 1. The van der Waals surface area contributed by atoms with E-state index in [1.807, 2.05) is 0 Å². The fourth-order valence-electron chi connectivity index (χ4n) is 2.18. The van der Waals surface area contributed by atoms with Crippen molar-refractivity contribution in [2.24, 2.45) is 5.14 Å². The van der Waals surface area contributed by atoms with Gasteiger partial charge in [0.05, 0.1) is 16.0 Å². The normalized spacial score (nSPS) is 19.4. The number of urea groups is 1. The Morgan fingerprint density at radius 2 is 2.10 bits per heavy atom. The van der Waals surface area contributed by atoms with Crippen molar-refractivity contribution in [3.8, 4) is 0 Å². The number of nitrogens with two attached hydrogens (primary N) is 1. The molecule has 1 aliphatic rings. The summed E-state index contributed by atoms with van der Waals surface area (Å²) in [6.07, 6.45) is 1.04. The van der Waals surface area contributed by atoms with Gasteiger partial charge in [-0.3, -0.25) is 0 Å². The molecule has 0 aromatic heterocycles. The third-order valence-electron chi connectivity index (χ3n) is 3.30. The molecule has 1 atom stereocenters. The molecular weight excluding hydrogens is 337 g/mol. The fraction of sp³-hybridized carbons (Fsp3) is 0.417. The third-order valence-corrected chi connectivity index (χ3v) is 5.18. The van der Waals surface area contributed by atoms with Gasteiger partial charge in [0.2, 0.25) is 10.0 Å². The van der Waals surface area contributed by atoms with Crippen LogP contribution in [0.5, 0.6) is 0 Å². The highest BCUT2D eigenvalue weighted by molar-refractivity contribution is 7.89. The Balaban J connectivity index is 2.08. The zero-order chi connectivity index (χ0) is 15.6. The van der Waals surface area contributed by atoms with Crippen molar-refractivity contribution >= 4 is 44.9 Å². The highest BCUT2D eigenvalue weighted by atomic mass is 35.5. The number of sulfonamides is 1. The van der Waals surface area contributed by atoms with Gasteiger partial charge in [0, 0.05) is 18.1 Å². The molecule has 0 radical (unpaired) electrons. The molecule has 0 spiro atoms. The first-order chi connectivity index (χ1) is 9.77. The summed E-state index contributed by atoms with van der Waals surface area (Å²) in [6, 6.07) is 4.29. The van der Waals surface area contributed by atoms with Crippen LogP contribution in [-0.4, -0.2) is 37.7 Å². The molecule has 21 heavy (non-hydrogen) atoms. The Morgan fingerprint density at radius 1 is 1.38 bits per heavy atom. The number of amides is 2. The maximum Gasteiger partial charge on any atom is 0.321 e. The quantitative estimate of drug-likeness (QED) is 0.855. The van der Waals surface area contributed by atoms with Crippen LogP contribution >= 0.6 is 23.2 Å². The van der Waals surface area contributed by atoms with E-state index < -0.39 is 21.3 Å². The van der Waals surface area contributed by atoms with Crippen LogP contribution < -0.4 is 10.5 Å². The molecule has 1 fully saturated rings. The zero-order valence-corrected chi connectivity index (χ0v) is 13.4. The summed E-state index contributed by atoms with van der Waals surface area (Å²) < 4.78 is 22.8. The smallest absolute Gasteiger partial charge is 0.321 e. The van der Waals surface area contributed by atoms with Gasteiger partial charge in [-0.2, -0.15) is 0 Å². The minimum Gasteiger partial charge on any atom is -0.323 e. The van der Waals surface area contributed by atoms with Crippen molar-refractivity contribution in [3.63, 3.8) is 0 Å². The second kappa shape index (κ2) is 6.39. The summed E-state index contributed by atoms with van der Waals surface area (Å²) in [5, 5.41) is 7.84. The highest BCUT2D eigenvalue weighted by Crippen LogP contribution is 2.26. The zero-order valence-electron chi connectivity index (χ0n) is 11.1. The number of hydrogen-bond donors (Lipinski definition) is 2. The van der Waals surface area contributed by atoms with E-state index >= 15 is 0 Å². The number of carbonyl (C=O) groups excluding carboxylic acids is 1. The highest BCUT2D eigenvalue weighted by Gasteiger charge is 2.30. The summed E-state index contributed by atoms with van der Waals surface area (Å²) >= 11 is 11.8. The molecule has 2 amide bonds. The Bertz CT molecular complexity index is 651. The van der Waals surface area contributed by atoms with Gasteiger partial charge >= 0.3 is 6.03 Å². The molecule has 1 heterocycles. The SMILES string of the molecule is NS(=O)(=O)C1CCCN(C(=O)Nc2cc(Cl)ccc2Cl)C1. The largest absolute Gasteiger partial charge is 0.323 e. The topological polar surface area (TPSA) is 92.5 Å². The van der Waals surface area contributed by atoms with E-state index in [2.05, 4.69) is 5.32 Å². The fourth-order valence-corrected chi connectivity index (χ4v) is 3.40. The minimum atomic E-state index is -3.65. The number of nitrogens with zero attached hydrogens (tertiary/aromatic N) is 1. The van der Waals surface area contributed by atoms with Crippen LogP contribution in [0.3, 0.4) is 0 Å². The minimum absolute atomic E-state index is 0.0723. The number of halogens is 2. The molecule has 1 aromatic carbocycles. The Labute approximate surface area is 133 Å². The van der Waals surface area contributed by atoms with Gasteiger partial charge in [0.15, 0.2) is 0 Å². The van der Waals surface area contributed by atoms with E-state index in [1.54, 1.807) is 12.1 Å². The van der Waals surface area contributed by atoms with Crippen molar-refractivity contribution < 1.29 is 13.2 Å². The van der Waals surface area contributed by atoms with E-state index in [-0.39, 0.29) is 6.54 Å². The first-order valence-corrected chi connectivity index (χ1v) is 8.66. The van der Waals surface area contributed by atoms with E-state index in [9.17, 15) is 13.2 Å². The van der Waals surface area contributed by atoms with Crippen LogP contribution in [-0.2, 0) is 10.0 Å². The molecule has 6 nitrogen and oxygen atoms in total. The van der Waals surface area contributed by atoms with E-state index in [4.69, 9.17) is 28.3 Å². The van der Waals surface area contributed by atoms with Gasteiger partial charge in [-0.1, -0.05) is 23.2 Å². The maximum atomic E-state index is 12.2. The maximum absolute atomic E-state index is 12.2. The van der Waals surface area contributed by atoms with E-state index in [0.717, 1.165) is 0 Å². The Hall–Kier alpha value is -1.02. The molecule has 0 aliphatic carbocycles. The van der Waals surface area contributed by atoms with Crippen molar-refractivity contribution in [1.29, 1.82) is 0 Å². The molecular formula is C12H15Cl2N3O3S. The average Bonchev–Trinajstić information content (AvgIpc) is 2.42. The van der Waals surface area contributed by atoms with Crippen LogP contribution in [0, 0.1) is 0 Å². The number of piperidine rings is 1. The van der Waals surface area contributed by atoms with E-state index in [1.165, 1.54) is 11.0 Å². The van der Waals surface area contributed by atoms with Gasteiger partial charge in [0.1, 0.15) is 0 Å². The van der Waals surface area contributed by atoms with Crippen molar-refractivity contribution in [2.75, 3.05) is 18.4 Å². The molecule has 2 rings (SSSR count). The number of likely N-dealkylation sites (tertiary alicyclic amines) is 1. The number of nitrogens with one attached hydrogen (secondary N) is 1. The molecule has 0 bridgehead atoms. The van der Waals surface area contributed by atoms with Crippen LogP contribution in [0.4, 0.5) is 10.5 Å². The van der Waals surface area contributed by atoms with Gasteiger partial charge in [-0.25, -0.2) is 18.4 Å². The number of benzene rings is 1. The predicted octanol–water partition coefficient (Wildman–Crippen LogP) is 2.28. The molecule has 3 N–H and O–H groups in total. The van der Waals surface area contributed by atoms with E-state index in [0.29, 0.717) is 35.1 Å². The van der Waals surface area contributed by atoms with Crippen LogP contribution in [0.1, 0.15) is 12.8 Å².